The summed E-state index contributed by atoms with van der Waals surface area (Å²) < 4.78 is 2.08. The second-order valence-corrected chi connectivity index (χ2v) is 10.2. The van der Waals surface area contributed by atoms with Gasteiger partial charge in [-0.3, -0.25) is 0 Å². The standard InChI is InChI=1S/C28H33N5/c1-21-26(23-13-9-6-10-14-23)27-29-24(28(2,3)4)19-25(33(27)30-21)32-17-15-31(16-18-32)20-22-11-7-5-8-12-22/h5-14,19H,15-18,20H2,1-4H3/p+1. The topological polar surface area (TPSA) is 37.9 Å². The molecule has 1 aliphatic rings. The van der Waals surface area contributed by atoms with Crippen molar-refractivity contribution in [3.8, 4) is 11.1 Å². The van der Waals surface area contributed by atoms with Crippen LogP contribution in [-0.2, 0) is 12.0 Å². The Bertz CT molecular complexity index is 1230. The monoisotopic (exact) mass is 440 g/mol. The predicted octanol–water partition coefficient (Wildman–Crippen LogP) is 3.91. The minimum absolute atomic E-state index is 0.0387. The van der Waals surface area contributed by atoms with E-state index in [1.54, 1.807) is 4.90 Å². The molecule has 1 N–H and O–H groups in total. The summed E-state index contributed by atoms with van der Waals surface area (Å²) in [6, 6.07) is 23.6. The number of hydrogen-bond acceptors (Lipinski definition) is 3. The van der Waals surface area contributed by atoms with E-state index in [-0.39, 0.29) is 5.41 Å². The van der Waals surface area contributed by atoms with Crippen LogP contribution in [-0.4, -0.2) is 40.8 Å². The molecule has 5 nitrogen and oxygen atoms in total. The van der Waals surface area contributed by atoms with E-state index in [2.05, 4.69) is 104 Å². The zero-order valence-electron chi connectivity index (χ0n) is 20.2. The zero-order chi connectivity index (χ0) is 23.0. The fourth-order valence-electron chi connectivity index (χ4n) is 4.77. The smallest absolute Gasteiger partial charge is 0.165 e. The van der Waals surface area contributed by atoms with Crippen molar-refractivity contribution in [3.63, 3.8) is 0 Å². The largest absolute Gasteiger partial charge is 0.345 e. The summed E-state index contributed by atoms with van der Waals surface area (Å²) in [6.45, 7) is 14.2. The lowest BCUT2D eigenvalue weighted by Gasteiger charge is -2.34. The van der Waals surface area contributed by atoms with Gasteiger partial charge >= 0.3 is 0 Å². The number of rotatable bonds is 4. The van der Waals surface area contributed by atoms with Gasteiger partial charge < -0.3 is 9.80 Å². The zero-order valence-corrected chi connectivity index (χ0v) is 20.2. The highest BCUT2D eigenvalue weighted by Crippen LogP contribution is 2.33. The molecule has 4 aromatic rings. The summed E-state index contributed by atoms with van der Waals surface area (Å²) in [6.07, 6.45) is 0. The lowest BCUT2D eigenvalue weighted by atomic mass is 9.91. The number of quaternary nitrogens is 1. The minimum Gasteiger partial charge on any atom is -0.345 e. The maximum atomic E-state index is 5.14. The Labute approximate surface area is 196 Å². The maximum Gasteiger partial charge on any atom is 0.165 e. The van der Waals surface area contributed by atoms with Crippen LogP contribution in [0.4, 0.5) is 5.82 Å². The van der Waals surface area contributed by atoms with Crippen LogP contribution in [0.1, 0.15) is 37.7 Å². The number of benzene rings is 2. The van der Waals surface area contributed by atoms with E-state index in [9.17, 15) is 0 Å². The molecule has 1 fully saturated rings. The first-order chi connectivity index (χ1) is 15.9. The molecule has 0 unspecified atom stereocenters. The molecule has 0 amide bonds. The Morgan fingerprint density at radius 1 is 0.909 bits per heavy atom. The molecule has 0 atom stereocenters. The first kappa shape index (κ1) is 21.7. The van der Waals surface area contributed by atoms with Gasteiger partial charge in [0, 0.05) is 22.6 Å². The maximum absolute atomic E-state index is 5.14. The number of nitrogens with zero attached hydrogens (tertiary/aromatic N) is 4. The molecule has 0 spiro atoms. The van der Waals surface area contributed by atoms with Crippen molar-refractivity contribution in [1.29, 1.82) is 0 Å². The highest BCUT2D eigenvalue weighted by atomic mass is 15.4. The van der Waals surface area contributed by atoms with Crippen LogP contribution in [0.3, 0.4) is 0 Å². The van der Waals surface area contributed by atoms with E-state index in [1.165, 1.54) is 11.1 Å². The second kappa shape index (κ2) is 8.64. The second-order valence-electron chi connectivity index (χ2n) is 10.2. The highest BCUT2D eigenvalue weighted by Gasteiger charge is 2.27. The van der Waals surface area contributed by atoms with E-state index in [0.29, 0.717) is 0 Å². The third-order valence-electron chi connectivity index (χ3n) is 6.67. The molecule has 0 radical (unpaired) electrons. The average molecular weight is 441 g/mol. The quantitative estimate of drug-likeness (QED) is 0.523. The summed E-state index contributed by atoms with van der Waals surface area (Å²) >= 11 is 0. The van der Waals surface area contributed by atoms with Crippen LogP contribution < -0.4 is 9.80 Å². The Balaban J connectivity index is 1.50. The summed E-state index contributed by atoms with van der Waals surface area (Å²) in [5, 5.41) is 4.98. The number of fused-ring (bicyclic) bond motifs is 1. The predicted molar refractivity (Wildman–Crippen MR) is 135 cm³/mol. The molecular weight excluding hydrogens is 406 g/mol. The summed E-state index contributed by atoms with van der Waals surface area (Å²) in [4.78, 5) is 9.28. The molecular formula is C28H34N5+. The fraction of sp³-hybridized carbons (Fsp3) is 0.357. The first-order valence-corrected chi connectivity index (χ1v) is 12.0. The van der Waals surface area contributed by atoms with E-state index in [1.807, 2.05) is 0 Å². The lowest BCUT2D eigenvalue weighted by Crippen LogP contribution is -3.13. The van der Waals surface area contributed by atoms with E-state index >= 15 is 0 Å². The first-order valence-electron chi connectivity index (χ1n) is 12.0. The van der Waals surface area contributed by atoms with Crippen molar-refractivity contribution < 1.29 is 4.90 Å². The Morgan fingerprint density at radius 3 is 2.18 bits per heavy atom. The Kier molecular flexibility index (Phi) is 5.67. The summed E-state index contributed by atoms with van der Waals surface area (Å²) in [5.74, 6) is 1.16. The Hall–Kier alpha value is -3.18. The number of aromatic nitrogens is 3. The third-order valence-corrected chi connectivity index (χ3v) is 6.67. The third kappa shape index (κ3) is 4.38. The van der Waals surface area contributed by atoms with Gasteiger partial charge in [-0.2, -0.15) is 9.61 Å². The van der Waals surface area contributed by atoms with Gasteiger partial charge in [0.15, 0.2) is 5.65 Å². The van der Waals surface area contributed by atoms with Crippen LogP contribution in [0.25, 0.3) is 16.8 Å². The van der Waals surface area contributed by atoms with Crippen molar-refractivity contribution in [1.82, 2.24) is 14.6 Å². The summed E-state index contributed by atoms with van der Waals surface area (Å²) in [7, 11) is 0. The van der Waals surface area contributed by atoms with Gasteiger partial charge in [0.2, 0.25) is 0 Å². The molecule has 5 rings (SSSR count). The Morgan fingerprint density at radius 2 is 1.55 bits per heavy atom. The van der Waals surface area contributed by atoms with Crippen LogP contribution in [0.15, 0.2) is 66.7 Å². The van der Waals surface area contributed by atoms with Gasteiger partial charge in [0.1, 0.15) is 12.4 Å². The lowest BCUT2D eigenvalue weighted by molar-refractivity contribution is -0.914. The van der Waals surface area contributed by atoms with Crippen LogP contribution in [0.5, 0.6) is 0 Å². The van der Waals surface area contributed by atoms with Crippen molar-refractivity contribution >= 4 is 11.5 Å². The van der Waals surface area contributed by atoms with E-state index < -0.39 is 0 Å². The number of hydrogen-bond donors (Lipinski definition) is 1. The molecule has 2 aromatic carbocycles. The van der Waals surface area contributed by atoms with Crippen LogP contribution >= 0.6 is 0 Å². The van der Waals surface area contributed by atoms with Crippen molar-refractivity contribution in [2.75, 3.05) is 31.1 Å². The SMILES string of the molecule is Cc1nn2c(N3CC[NH+](Cc4ccccc4)CC3)cc(C(C)(C)C)nc2c1-c1ccccc1. The van der Waals surface area contributed by atoms with Crippen LogP contribution in [0, 0.1) is 6.92 Å². The van der Waals surface area contributed by atoms with Crippen LogP contribution in [0.2, 0.25) is 0 Å². The molecule has 0 aliphatic carbocycles. The van der Waals surface area contributed by atoms with Gasteiger partial charge in [-0.1, -0.05) is 81.4 Å². The molecule has 3 heterocycles. The van der Waals surface area contributed by atoms with Crippen molar-refractivity contribution in [2.24, 2.45) is 0 Å². The summed E-state index contributed by atoms with van der Waals surface area (Å²) in [5.41, 5.74) is 6.78. The fourth-order valence-corrected chi connectivity index (χ4v) is 4.77. The molecule has 0 saturated carbocycles. The van der Waals surface area contributed by atoms with E-state index in [4.69, 9.17) is 10.1 Å². The molecule has 5 heteroatoms. The highest BCUT2D eigenvalue weighted by molar-refractivity contribution is 5.81. The van der Waals surface area contributed by atoms with Gasteiger partial charge in [0.05, 0.1) is 37.6 Å². The number of anilines is 1. The molecule has 2 aromatic heterocycles. The number of aryl methyl sites for hydroxylation is 1. The average Bonchev–Trinajstić information content (AvgIpc) is 3.15. The minimum atomic E-state index is -0.0387. The molecule has 1 saturated heterocycles. The molecule has 170 valence electrons. The molecule has 33 heavy (non-hydrogen) atoms. The molecule has 0 bridgehead atoms. The van der Waals surface area contributed by atoms with E-state index in [0.717, 1.165) is 61.1 Å². The van der Waals surface area contributed by atoms with Gasteiger partial charge in [-0.05, 0) is 12.5 Å². The molecule has 1 aliphatic heterocycles. The normalized spacial score (nSPS) is 15.3. The van der Waals surface area contributed by atoms with Gasteiger partial charge in [0.25, 0.3) is 0 Å². The number of nitrogens with one attached hydrogen (secondary N) is 1. The van der Waals surface area contributed by atoms with Gasteiger partial charge in [-0.25, -0.2) is 4.98 Å². The van der Waals surface area contributed by atoms with Crippen molar-refractivity contribution in [3.05, 3.63) is 83.7 Å². The van der Waals surface area contributed by atoms with Crippen molar-refractivity contribution in [2.45, 2.75) is 39.7 Å². The van der Waals surface area contributed by atoms with Gasteiger partial charge in [-0.15, -0.1) is 0 Å². The number of piperazine rings is 1.